The number of nitrogens with zero attached hydrogens (tertiary/aromatic N) is 3. The number of nitrogens with one attached hydrogen (secondary N) is 1. The van der Waals surface area contributed by atoms with E-state index in [1.54, 1.807) is 30.3 Å². The molecule has 1 atom stereocenters. The number of ether oxygens (including phenoxy) is 1. The number of hydrogen-bond donors (Lipinski definition) is 1. The molecule has 1 N–H and O–H groups in total. The van der Waals surface area contributed by atoms with Gasteiger partial charge in [0.25, 0.3) is 11.4 Å². The zero-order valence-corrected chi connectivity index (χ0v) is 16.3. The lowest BCUT2D eigenvalue weighted by Gasteiger charge is -2.11. The monoisotopic (exact) mass is 414 g/mol. The minimum absolute atomic E-state index is 0.0479. The minimum atomic E-state index is -0.293. The summed E-state index contributed by atoms with van der Waals surface area (Å²) in [6.45, 7) is 1.07. The Labute approximate surface area is 171 Å². The zero-order valence-electron chi connectivity index (χ0n) is 15.5. The lowest BCUT2D eigenvalue weighted by molar-refractivity contribution is -0.122. The molecule has 3 heterocycles. The molecule has 0 saturated carbocycles. The van der Waals surface area contributed by atoms with Crippen LogP contribution in [0.15, 0.2) is 51.9 Å². The quantitative estimate of drug-likeness (QED) is 0.665. The summed E-state index contributed by atoms with van der Waals surface area (Å²) < 4.78 is 12.1. The van der Waals surface area contributed by atoms with Crippen molar-refractivity contribution in [1.82, 2.24) is 20.0 Å². The van der Waals surface area contributed by atoms with Gasteiger partial charge in [0, 0.05) is 36.0 Å². The predicted molar refractivity (Wildman–Crippen MR) is 106 cm³/mol. The van der Waals surface area contributed by atoms with Crippen molar-refractivity contribution in [3.05, 3.63) is 58.0 Å². The van der Waals surface area contributed by atoms with Gasteiger partial charge in [-0.2, -0.15) is 4.98 Å². The Hall–Kier alpha value is -2.97. The van der Waals surface area contributed by atoms with Crippen molar-refractivity contribution < 1.29 is 14.1 Å². The first-order valence-electron chi connectivity index (χ1n) is 9.27. The highest BCUT2D eigenvalue weighted by molar-refractivity contribution is 6.30. The molecule has 0 bridgehead atoms. The van der Waals surface area contributed by atoms with Crippen molar-refractivity contribution in [3.8, 4) is 22.8 Å². The van der Waals surface area contributed by atoms with Crippen LogP contribution in [0.25, 0.3) is 22.8 Å². The summed E-state index contributed by atoms with van der Waals surface area (Å²) in [7, 11) is 0. The van der Waals surface area contributed by atoms with E-state index in [0.29, 0.717) is 23.0 Å². The summed E-state index contributed by atoms with van der Waals surface area (Å²) in [5, 5.41) is 7.39. The molecule has 1 aromatic carbocycles. The zero-order chi connectivity index (χ0) is 20.2. The fourth-order valence-electron chi connectivity index (χ4n) is 3.08. The van der Waals surface area contributed by atoms with Gasteiger partial charge in [0.1, 0.15) is 6.54 Å². The van der Waals surface area contributed by atoms with E-state index < -0.39 is 0 Å². The van der Waals surface area contributed by atoms with E-state index in [0.717, 1.165) is 25.0 Å². The van der Waals surface area contributed by atoms with Crippen LogP contribution >= 0.6 is 11.6 Å². The molecule has 1 amide bonds. The maximum Gasteiger partial charge on any atom is 0.259 e. The van der Waals surface area contributed by atoms with Gasteiger partial charge in [-0.1, -0.05) is 16.8 Å². The summed E-state index contributed by atoms with van der Waals surface area (Å²) in [5.41, 5.74) is 1.01. The van der Waals surface area contributed by atoms with Crippen LogP contribution in [0.5, 0.6) is 0 Å². The maximum absolute atomic E-state index is 12.2. The average Bonchev–Trinajstić information content (AvgIpc) is 3.41. The van der Waals surface area contributed by atoms with Crippen molar-refractivity contribution in [1.29, 1.82) is 0 Å². The SMILES string of the molecule is O=C(Cn1cc(-c2nc(-c3ccc(Cl)cc3)no2)ccc1=O)NCC1CCCO1. The van der Waals surface area contributed by atoms with E-state index in [4.69, 9.17) is 20.9 Å². The molecule has 3 aromatic rings. The second-order valence-electron chi connectivity index (χ2n) is 6.75. The molecular weight excluding hydrogens is 396 g/mol. The Morgan fingerprint density at radius 3 is 2.76 bits per heavy atom. The number of benzene rings is 1. The smallest absolute Gasteiger partial charge is 0.259 e. The van der Waals surface area contributed by atoms with Gasteiger partial charge in [0.15, 0.2) is 0 Å². The Morgan fingerprint density at radius 1 is 1.21 bits per heavy atom. The summed E-state index contributed by atoms with van der Waals surface area (Å²) in [5.74, 6) is 0.402. The Kier molecular flexibility index (Phi) is 5.73. The third-order valence-corrected chi connectivity index (χ3v) is 4.88. The van der Waals surface area contributed by atoms with Crippen LogP contribution in [0.4, 0.5) is 0 Å². The van der Waals surface area contributed by atoms with E-state index in [1.807, 2.05) is 0 Å². The normalized spacial score (nSPS) is 16.1. The summed E-state index contributed by atoms with van der Waals surface area (Å²) in [6, 6.07) is 10.0. The lowest BCUT2D eigenvalue weighted by atomic mass is 10.2. The van der Waals surface area contributed by atoms with Gasteiger partial charge >= 0.3 is 0 Å². The molecule has 0 radical (unpaired) electrons. The Balaban J connectivity index is 1.47. The van der Waals surface area contributed by atoms with Gasteiger partial charge in [-0.05, 0) is 43.2 Å². The first kappa shape index (κ1) is 19.4. The van der Waals surface area contributed by atoms with Gasteiger partial charge in [0.2, 0.25) is 11.7 Å². The molecule has 8 nitrogen and oxygen atoms in total. The number of amides is 1. The third-order valence-electron chi connectivity index (χ3n) is 4.62. The van der Waals surface area contributed by atoms with E-state index in [-0.39, 0.29) is 30.0 Å². The van der Waals surface area contributed by atoms with Crippen molar-refractivity contribution in [2.45, 2.75) is 25.5 Å². The van der Waals surface area contributed by atoms with Gasteiger partial charge in [-0.25, -0.2) is 0 Å². The third kappa shape index (κ3) is 4.72. The van der Waals surface area contributed by atoms with Gasteiger partial charge in [-0.3, -0.25) is 9.59 Å². The van der Waals surface area contributed by atoms with Crippen molar-refractivity contribution >= 4 is 17.5 Å². The highest BCUT2D eigenvalue weighted by atomic mass is 35.5. The molecule has 0 spiro atoms. The number of rotatable bonds is 6. The first-order chi connectivity index (χ1) is 14.1. The summed E-state index contributed by atoms with van der Waals surface area (Å²) in [4.78, 5) is 28.7. The summed E-state index contributed by atoms with van der Waals surface area (Å²) in [6.07, 6.45) is 3.52. The number of carbonyl (C=O) groups is 1. The van der Waals surface area contributed by atoms with E-state index in [2.05, 4.69) is 15.5 Å². The van der Waals surface area contributed by atoms with Crippen LogP contribution in [0.1, 0.15) is 12.8 Å². The average molecular weight is 415 g/mol. The summed E-state index contributed by atoms with van der Waals surface area (Å²) >= 11 is 5.90. The van der Waals surface area contributed by atoms with Crippen LogP contribution < -0.4 is 10.9 Å². The van der Waals surface area contributed by atoms with Crippen LogP contribution in [-0.2, 0) is 16.1 Å². The van der Waals surface area contributed by atoms with Gasteiger partial charge in [0.05, 0.1) is 11.7 Å². The van der Waals surface area contributed by atoms with E-state index >= 15 is 0 Å². The highest BCUT2D eigenvalue weighted by Crippen LogP contribution is 2.22. The number of pyridine rings is 1. The second kappa shape index (κ2) is 8.59. The molecule has 1 aliphatic rings. The van der Waals surface area contributed by atoms with Crippen LogP contribution in [0, 0.1) is 0 Å². The fraction of sp³-hybridized carbons (Fsp3) is 0.300. The first-order valence-corrected chi connectivity index (χ1v) is 9.65. The molecule has 150 valence electrons. The molecule has 2 aromatic heterocycles. The highest BCUT2D eigenvalue weighted by Gasteiger charge is 2.17. The van der Waals surface area contributed by atoms with Crippen molar-refractivity contribution in [3.63, 3.8) is 0 Å². The number of hydrogen-bond acceptors (Lipinski definition) is 6. The Bertz CT molecular complexity index is 1050. The van der Waals surface area contributed by atoms with Gasteiger partial charge < -0.3 is 19.1 Å². The molecule has 1 unspecified atom stereocenters. The molecule has 1 aliphatic heterocycles. The Morgan fingerprint density at radius 2 is 2.00 bits per heavy atom. The predicted octanol–water partition coefficient (Wildman–Crippen LogP) is 2.51. The second-order valence-corrected chi connectivity index (χ2v) is 7.19. The number of carbonyl (C=O) groups excluding carboxylic acids is 1. The molecule has 4 rings (SSSR count). The van der Waals surface area contributed by atoms with Crippen molar-refractivity contribution in [2.75, 3.05) is 13.2 Å². The van der Waals surface area contributed by atoms with E-state index in [1.165, 1.54) is 16.8 Å². The molecule has 29 heavy (non-hydrogen) atoms. The standard InChI is InChI=1S/C20H19ClN4O4/c21-15-6-3-13(4-7-15)19-23-20(29-24-19)14-5-8-18(27)25(11-14)12-17(26)22-10-16-2-1-9-28-16/h3-8,11,16H,1-2,9-10,12H2,(H,22,26). The molecule has 0 aliphatic carbocycles. The van der Waals surface area contributed by atoms with Gasteiger partial charge in [-0.15, -0.1) is 0 Å². The molecule has 9 heteroatoms. The van der Waals surface area contributed by atoms with E-state index in [9.17, 15) is 9.59 Å². The minimum Gasteiger partial charge on any atom is -0.376 e. The maximum atomic E-state index is 12.2. The molecule has 1 saturated heterocycles. The van der Waals surface area contributed by atoms with Crippen LogP contribution in [0.2, 0.25) is 5.02 Å². The topological polar surface area (TPSA) is 99.3 Å². The largest absolute Gasteiger partial charge is 0.376 e. The number of aromatic nitrogens is 3. The number of halogens is 1. The lowest BCUT2D eigenvalue weighted by Crippen LogP contribution is -2.36. The van der Waals surface area contributed by atoms with Crippen LogP contribution in [0.3, 0.4) is 0 Å². The molecule has 1 fully saturated rings. The van der Waals surface area contributed by atoms with Crippen LogP contribution in [-0.4, -0.2) is 39.9 Å². The van der Waals surface area contributed by atoms with Crippen molar-refractivity contribution in [2.24, 2.45) is 0 Å². The fourth-order valence-corrected chi connectivity index (χ4v) is 3.21. The molecular formula is C20H19ClN4O4.